The molecule has 0 radical (unpaired) electrons. The lowest BCUT2D eigenvalue weighted by Crippen LogP contribution is -2.39. The lowest BCUT2D eigenvalue weighted by molar-refractivity contribution is -0.156. The molecule has 0 aromatic heterocycles. The molecule has 114 valence electrons. The van der Waals surface area contributed by atoms with Crippen LogP contribution in [0.5, 0.6) is 0 Å². The number of hydrogen-bond acceptors (Lipinski definition) is 3. The summed E-state index contributed by atoms with van der Waals surface area (Å²) in [4.78, 5) is 14.0. The Morgan fingerprint density at radius 2 is 2.00 bits per heavy atom. The minimum Gasteiger partial charge on any atom is -0.419 e. The summed E-state index contributed by atoms with van der Waals surface area (Å²) in [7, 11) is 0. The van der Waals surface area contributed by atoms with E-state index in [0.717, 1.165) is 38.3 Å². The van der Waals surface area contributed by atoms with E-state index in [4.69, 9.17) is 9.47 Å². The van der Waals surface area contributed by atoms with Crippen molar-refractivity contribution in [3.05, 3.63) is 0 Å². The standard InChI is InChI=1S/C16H27NO3/c1-2-15(19-14-11-12-6-7-13(14)10-12)20-16(18)17-8-4-3-5-9-17/h12-15H,2-11H2,1H3. The zero-order valence-corrected chi connectivity index (χ0v) is 12.6. The van der Waals surface area contributed by atoms with E-state index < -0.39 is 0 Å². The topological polar surface area (TPSA) is 38.8 Å². The molecule has 20 heavy (non-hydrogen) atoms. The lowest BCUT2D eigenvalue weighted by atomic mass is 9.98. The molecular formula is C16H27NO3. The number of likely N-dealkylation sites (tertiary alicyclic amines) is 1. The average Bonchev–Trinajstić information content (AvgIpc) is 3.10. The predicted molar refractivity (Wildman–Crippen MR) is 76.3 cm³/mol. The quantitative estimate of drug-likeness (QED) is 0.740. The highest BCUT2D eigenvalue weighted by Gasteiger charge is 2.41. The first-order chi connectivity index (χ1) is 9.76. The summed E-state index contributed by atoms with van der Waals surface area (Å²) in [6.07, 6.45) is 9.11. The summed E-state index contributed by atoms with van der Waals surface area (Å²) < 4.78 is 11.7. The first-order valence-corrected chi connectivity index (χ1v) is 8.37. The first kappa shape index (κ1) is 14.2. The molecule has 3 rings (SSSR count). The van der Waals surface area contributed by atoms with Crippen LogP contribution in [0.25, 0.3) is 0 Å². The van der Waals surface area contributed by atoms with Crippen LogP contribution in [0.3, 0.4) is 0 Å². The van der Waals surface area contributed by atoms with Crippen molar-refractivity contribution in [3.8, 4) is 0 Å². The van der Waals surface area contributed by atoms with E-state index in [1.807, 2.05) is 11.8 Å². The van der Waals surface area contributed by atoms with E-state index in [1.165, 1.54) is 32.1 Å². The number of hydrogen-bond donors (Lipinski definition) is 0. The summed E-state index contributed by atoms with van der Waals surface area (Å²) >= 11 is 0. The molecule has 4 nitrogen and oxygen atoms in total. The van der Waals surface area contributed by atoms with Crippen LogP contribution in [-0.2, 0) is 9.47 Å². The monoisotopic (exact) mass is 281 g/mol. The second-order valence-corrected chi connectivity index (χ2v) is 6.62. The van der Waals surface area contributed by atoms with Crippen molar-refractivity contribution in [2.45, 2.75) is 70.7 Å². The highest BCUT2D eigenvalue weighted by molar-refractivity contribution is 5.67. The molecule has 0 N–H and O–H groups in total. The van der Waals surface area contributed by atoms with Gasteiger partial charge in [-0.1, -0.05) is 6.92 Å². The highest BCUT2D eigenvalue weighted by Crippen LogP contribution is 2.46. The van der Waals surface area contributed by atoms with Gasteiger partial charge < -0.3 is 14.4 Å². The number of rotatable bonds is 4. The van der Waals surface area contributed by atoms with Gasteiger partial charge in [0.15, 0.2) is 0 Å². The van der Waals surface area contributed by atoms with Crippen LogP contribution in [0, 0.1) is 11.8 Å². The van der Waals surface area contributed by atoms with Crippen molar-refractivity contribution in [2.24, 2.45) is 11.8 Å². The predicted octanol–water partition coefficient (Wildman–Crippen LogP) is 3.55. The molecule has 1 heterocycles. The van der Waals surface area contributed by atoms with Gasteiger partial charge in [-0.25, -0.2) is 4.79 Å². The maximum atomic E-state index is 12.1. The fourth-order valence-electron chi connectivity index (χ4n) is 4.02. The molecule has 0 aromatic rings. The summed E-state index contributed by atoms with van der Waals surface area (Å²) in [6, 6.07) is 0. The third-order valence-corrected chi connectivity index (χ3v) is 5.18. The molecule has 2 bridgehead atoms. The first-order valence-electron chi connectivity index (χ1n) is 8.37. The smallest absolute Gasteiger partial charge is 0.412 e. The van der Waals surface area contributed by atoms with Crippen LogP contribution < -0.4 is 0 Å². The molecular weight excluding hydrogens is 254 g/mol. The lowest BCUT2D eigenvalue weighted by Gasteiger charge is -2.30. The molecule has 4 heteroatoms. The van der Waals surface area contributed by atoms with Crippen LogP contribution in [0.15, 0.2) is 0 Å². The van der Waals surface area contributed by atoms with Gasteiger partial charge in [0.1, 0.15) is 0 Å². The molecule has 1 aliphatic heterocycles. The van der Waals surface area contributed by atoms with Gasteiger partial charge in [-0.2, -0.15) is 0 Å². The number of piperidine rings is 1. The molecule has 0 aromatic carbocycles. The van der Waals surface area contributed by atoms with Crippen LogP contribution in [0.1, 0.15) is 58.3 Å². The second kappa shape index (κ2) is 6.33. The number of carbonyl (C=O) groups excluding carboxylic acids is 1. The summed E-state index contributed by atoms with van der Waals surface area (Å²) in [5, 5.41) is 0. The zero-order chi connectivity index (χ0) is 13.9. The average molecular weight is 281 g/mol. The molecule has 0 spiro atoms. The van der Waals surface area contributed by atoms with Crippen LogP contribution in [-0.4, -0.2) is 36.5 Å². The number of ether oxygens (including phenoxy) is 2. The summed E-state index contributed by atoms with van der Waals surface area (Å²) in [5.74, 6) is 1.57. The fraction of sp³-hybridized carbons (Fsp3) is 0.938. The van der Waals surface area contributed by atoms with Crippen molar-refractivity contribution in [1.29, 1.82) is 0 Å². The minimum atomic E-state index is -0.353. The van der Waals surface area contributed by atoms with Crippen molar-refractivity contribution in [2.75, 3.05) is 13.1 Å². The Labute approximate surface area is 121 Å². The Morgan fingerprint density at radius 3 is 2.60 bits per heavy atom. The molecule has 1 amide bonds. The Hall–Kier alpha value is -0.770. The van der Waals surface area contributed by atoms with E-state index in [2.05, 4.69) is 0 Å². The Kier molecular flexibility index (Phi) is 4.49. The number of nitrogens with zero attached hydrogens (tertiary/aromatic N) is 1. The molecule has 4 unspecified atom stereocenters. The van der Waals surface area contributed by atoms with Gasteiger partial charge in [0.2, 0.25) is 6.29 Å². The van der Waals surface area contributed by atoms with E-state index in [-0.39, 0.29) is 12.4 Å². The van der Waals surface area contributed by atoms with E-state index in [0.29, 0.717) is 12.0 Å². The highest BCUT2D eigenvalue weighted by atomic mass is 16.7. The molecule has 4 atom stereocenters. The van der Waals surface area contributed by atoms with Crippen LogP contribution in [0.4, 0.5) is 4.79 Å². The summed E-state index contributed by atoms with van der Waals surface area (Å²) in [6.45, 7) is 3.70. The largest absolute Gasteiger partial charge is 0.419 e. The fourth-order valence-corrected chi connectivity index (χ4v) is 4.02. The van der Waals surface area contributed by atoms with Gasteiger partial charge in [-0.15, -0.1) is 0 Å². The molecule has 3 fully saturated rings. The zero-order valence-electron chi connectivity index (χ0n) is 12.6. The second-order valence-electron chi connectivity index (χ2n) is 6.62. The van der Waals surface area contributed by atoms with Crippen molar-refractivity contribution >= 4 is 6.09 Å². The molecule has 2 saturated carbocycles. The van der Waals surface area contributed by atoms with Gasteiger partial charge in [-0.3, -0.25) is 0 Å². The van der Waals surface area contributed by atoms with Gasteiger partial charge in [0, 0.05) is 19.5 Å². The maximum absolute atomic E-state index is 12.1. The van der Waals surface area contributed by atoms with Crippen molar-refractivity contribution in [3.63, 3.8) is 0 Å². The Morgan fingerprint density at radius 1 is 1.20 bits per heavy atom. The van der Waals surface area contributed by atoms with Gasteiger partial charge in [0.25, 0.3) is 0 Å². The van der Waals surface area contributed by atoms with Gasteiger partial charge in [0.05, 0.1) is 6.10 Å². The van der Waals surface area contributed by atoms with Crippen molar-refractivity contribution in [1.82, 2.24) is 4.90 Å². The van der Waals surface area contributed by atoms with Crippen LogP contribution >= 0.6 is 0 Å². The maximum Gasteiger partial charge on any atom is 0.412 e. The van der Waals surface area contributed by atoms with Crippen LogP contribution in [0.2, 0.25) is 0 Å². The summed E-state index contributed by atoms with van der Waals surface area (Å²) in [5.41, 5.74) is 0. The number of amides is 1. The number of fused-ring (bicyclic) bond motifs is 2. The van der Waals surface area contributed by atoms with E-state index in [9.17, 15) is 4.79 Å². The van der Waals surface area contributed by atoms with E-state index in [1.54, 1.807) is 0 Å². The molecule has 3 aliphatic rings. The van der Waals surface area contributed by atoms with Gasteiger partial charge >= 0.3 is 6.09 Å². The molecule has 2 aliphatic carbocycles. The molecule has 1 saturated heterocycles. The third kappa shape index (κ3) is 3.11. The van der Waals surface area contributed by atoms with E-state index >= 15 is 0 Å². The van der Waals surface area contributed by atoms with Gasteiger partial charge in [-0.05, 0) is 56.8 Å². The number of carbonyl (C=O) groups is 1. The van der Waals surface area contributed by atoms with Crippen molar-refractivity contribution < 1.29 is 14.3 Å². The third-order valence-electron chi connectivity index (χ3n) is 5.18. The normalized spacial score (nSPS) is 34.2. The minimum absolute atomic E-state index is 0.181. The SMILES string of the molecule is CCC(OC(=O)N1CCCCC1)OC1CC2CCC1C2. The Balaban J connectivity index is 1.47. The Bertz CT molecular complexity index is 341.